The Labute approximate surface area is 138 Å². The van der Waals surface area contributed by atoms with E-state index < -0.39 is 11.7 Å². The minimum atomic E-state index is -0.539. The van der Waals surface area contributed by atoms with Crippen molar-refractivity contribution in [1.29, 1.82) is 0 Å². The molecule has 23 heavy (non-hydrogen) atoms. The second-order valence-corrected chi connectivity index (χ2v) is 7.35. The third-order valence-electron chi connectivity index (χ3n) is 3.34. The van der Waals surface area contributed by atoms with Crippen LogP contribution in [0.5, 0.6) is 0 Å². The number of carbonyl (C=O) groups excluding carboxylic acids is 1. The van der Waals surface area contributed by atoms with Gasteiger partial charge >= 0.3 is 6.09 Å². The highest BCUT2D eigenvalue weighted by Crippen LogP contribution is 2.17. The van der Waals surface area contributed by atoms with Gasteiger partial charge in [-0.2, -0.15) is 5.10 Å². The number of nitrogens with zero attached hydrogens (tertiary/aromatic N) is 1. The van der Waals surface area contributed by atoms with Crippen LogP contribution in [0.25, 0.3) is 0 Å². The molecule has 0 saturated carbocycles. The molecule has 0 bridgehead atoms. The summed E-state index contributed by atoms with van der Waals surface area (Å²) in [5, 5.41) is 12.9. The SMILES string of the molecule is COC(C)(C)CC(C)NCc1cn[nH]c1NC(=O)OC(C)(C)C. The van der Waals surface area contributed by atoms with E-state index in [0.29, 0.717) is 12.4 Å². The number of aromatic amines is 1. The van der Waals surface area contributed by atoms with Crippen molar-refractivity contribution in [3.8, 4) is 0 Å². The maximum absolute atomic E-state index is 11.8. The molecule has 0 saturated heterocycles. The summed E-state index contributed by atoms with van der Waals surface area (Å²) in [7, 11) is 1.71. The van der Waals surface area contributed by atoms with Crippen LogP contribution in [0, 0.1) is 0 Å². The maximum atomic E-state index is 11.8. The molecule has 3 N–H and O–H groups in total. The molecule has 1 aromatic rings. The fourth-order valence-corrected chi connectivity index (χ4v) is 2.14. The number of H-pyrrole nitrogens is 1. The Balaban J connectivity index is 2.54. The number of hydrogen-bond donors (Lipinski definition) is 3. The molecule has 7 heteroatoms. The molecule has 0 aromatic carbocycles. The summed E-state index contributed by atoms with van der Waals surface area (Å²) in [6.45, 7) is 12.3. The first-order valence-electron chi connectivity index (χ1n) is 7.83. The average molecular weight is 326 g/mol. The van der Waals surface area contributed by atoms with E-state index in [9.17, 15) is 4.79 Å². The zero-order chi connectivity index (χ0) is 17.7. The van der Waals surface area contributed by atoms with Gasteiger partial charge in [-0.1, -0.05) is 0 Å². The standard InChI is InChI=1S/C16H30N4O3/c1-11(8-16(5,6)22-7)17-9-12-10-18-20-13(12)19-14(21)23-15(2,3)4/h10-11,17H,8-9H2,1-7H3,(H2,18,19,20,21). The topological polar surface area (TPSA) is 88.3 Å². The number of rotatable bonds is 7. The van der Waals surface area contributed by atoms with E-state index in [1.54, 1.807) is 13.3 Å². The lowest BCUT2D eigenvalue weighted by atomic mass is 10.00. The van der Waals surface area contributed by atoms with Gasteiger partial charge in [-0.3, -0.25) is 10.4 Å². The van der Waals surface area contributed by atoms with E-state index in [1.165, 1.54) is 0 Å². The molecule has 0 spiro atoms. The van der Waals surface area contributed by atoms with Crippen LogP contribution in [0.1, 0.15) is 53.5 Å². The molecular weight excluding hydrogens is 296 g/mol. The Hall–Kier alpha value is -1.60. The van der Waals surface area contributed by atoms with E-state index in [0.717, 1.165) is 12.0 Å². The van der Waals surface area contributed by atoms with Gasteiger partial charge in [0.2, 0.25) is 0 Å². The van der Waals surface area contributed by atoms with Crippen molar-refractivity contribution < 1.29 is 14.3 Å². The molecule has 1 amide bonds. The van der Waals surface area contributed by atoms with Crippen molar-refractivity contribution in [2.24, 2.45) is 0 Å². The van der Waals surface area contributed by atoms with E-state index in [-0.39, 0.29) is 11.6 Å². The summed E-state index contributed by atoms with van der Waals surface area (Å²) >= 11 is 0. The summed E-state index contributed by atoms with van der Waals surface area (Å²) < 4.78 is 10.7. The number of hydrogen-bond acceptors (Lipinski definition) is 5. The number of anilines is 1. The van der Waals surface area contributed by atoms with Gasteiger partial charge in [-0.25, -0.2) is 4.79 Å². The summed E-state index contributed by atoms with van der Waals surface area (Å²) in [4.78, 5) is 11.8. The van der Waals surface area contributed by atoms with Crippen LogP contribution in [0.2, 0.25) is 0 Å². The first-order chi connectivity index (χ1) is 10.5. The molecule has 0 aliphatic heterocycles. The molecule has 7 nitrogen and oxygen atoms in total. The Morgan fingerprint density at radius 3 is 2.57 bits per heavy atom. The van der Waals surface area contributed by atoms with Crippen LogP contribution in [0.15, 0.2) is 6.20 Å². The van der Waals surface area contributed by atoms with Crippen LogP contribution in [0.4, 0.5) is 10.6 Å². The third-order valence-corrected chi connectivity index (χ3v) is 3.34. The molecule has 0 radical (unpaired) electrons. The molecule has 0 aliphatic carbocycles. The molecular formula is C16H30N4O3. The van der Waals surface area contributed by atoms with Gasteiger partial charge in [0.1, 0.15) is 11.4 Å². The number of amides is 1. The van der Waals surface area contributed by atoms with Gasteiger partial charge in [-0.05, 0) is 48.0 Å². The molecule has 0 aliphatic rings. The van der Waals surface area contributed by atoms with Crippen molar-refractivity contribution >= 4 is 11.9 Å². The molecule has 0 fully saturated rings. The van der Waals surface area contributed by atoms with E-state index in [1.807, 2.05) is 20.8 Å². The van der Waals surface area contributed by atoms with Gasteiger partial charge < -0.3 is 14.8 Å². The summed E-state index contributed by atoms with van der Waals surface area (Å²) in [6.07, 6.45) is 2.06. The average Bonchev–Trinajstić information content (AvgIpc) is 2.80. The van der Waals surface area contributed by atoms with Crippen LogP contribution >= 0.6 is 0 Å². The number of aromatic nitrogens is 2. The van der Waals surface area contributed by atoms with Gasteiger partial charge in [0.15, 0.2) is 0 Å². The Bertz CT molecular complexity index is 506. The molecule has 1 rings (SSSR count). The second-order valence-electron chi connectivity index (χ2n) is 7.35. The number of ether oxygens (including phenoxy) is 2. The monoisotopic (exact) mass is 326 g/mol. The van der Waals surface area contributed by atoms with Crippen LogP contribution in [-0.2, 0) is 16.0 Å². The molecule has 1 unspecified atom stereocenters. The summed E-state index contributed by atoms with van der Waals surface area (Å²) in [5.74, 6) is 0.546. The van der Waals surface area contributed by atoms with Gasteiger partial charge in [-0.15, -0.1) is 0 Å². The minimum absolute atomic E-state index is 0.180. The zero-order valence-corrected chi connectivity index (χ0v) is 15.2. The number of methoxy groups -OCH3 is 1. The Kier molecular flexibility index (Phi) is 6.58. The smallest absolute Gasteiger partial charge is 0.413 e. The Morgan fingerprint density at radius 1 is 1.35 bits per heavy atom. The van der Waals surface area contributed by atoms with Crippen molar-refractivity contribution in [2.45, 2.75) is 71.8 Å². The number of carbonyl (C=O) groups is 1. The largest absolute Gasteiger partial charge is 0.444 e. The fourth-order valence-electron chi connectivity index (χ4n) is 2.14. The highest BCUT2D eigenvalue weighted by atomic mass is 16.6. The summed E-state index contributed by atoms with van der Waals surface area (Å²) in [5.41, 5.74) is 0.154. The van der Waals surface area contributed by atoms with Crippen LogP contribution in [-0.4, -0.2) is 40.6 Å². The van der Waals surface area contributed by atoms with Crippen LogP contribution in [0.3, 0.4) is 0 Å². The lowest BCUT2D eigenvalue weighted by Crippen LogP contribution is -2.35. The Morgan fingerprint density at radius 2 is 2.00 bits per heavy atom. The fraction of sp³-hybridized carbons (Fsp3) is 0.750. The third kappa shape index (κ3) is 7.47. The van der Waals surface area contributed by atoms with Gasteiger partial charge in [0, 0.05) is 25.3 Å². The van der Waals surface area contributed by atoms with Crippen LogP contribution < -0.4 is 10.6 Å². The van der Waals surface area contributed by atoms with Crippen molar-refractivity contribution in [1.82, 2.24) is 15.5 Å². The van der Waals surface area contributed by atoms with Crippen molar-refractivity contribution in [3.63, 3.8) is 0 Å². The van der Waals surface area contributed by atoms with Gasteiger partial charge in [0.05, 0.1) is 11.8 Å². The summed E-state index contributed by atoms with van der Waals surface area (Å²) in [6, 6.07) is 0.259. The van der Waals surface area contributed by atoms with E-state index in [2.05, 4.69) is 41.6 Å². The molecule has 1 aromatic heterocycles. The zero-order valence-electron chi connectivity index (χ0n) is 15.2. The normalized spacial score (nSPS) is 13.7. The first kappa shape index (κ1) is 19.4. The molecule has 1 heterocycles. The maximum Gasteiger partial charge on any atom is 0.413 e. The van der Waals surface area contributed by atoms with E-state index >= 15 is 0 Å². The minimum Gasteiger partial charge on any atom is -0.444 e. The lowest BCUT2D eigenvalue weighted by molar-refractivity contribution is 0.00845. The highest BCUT2D eigenvalue weighted by Gasteiger charge is 2.21. The highest BCUT2D eigenvalue weighted by molar-refractivity contribution is 5.84. The second kappa shape index (κ2) is 7.79. The molecule has 1 atom stereocenters. The van der Waals surface area contributed by atoms with Crippen molar-refractivity contribution in [3.05, 3.63) is 11.8 Å². The molecule has 132 valence electrons. The van der Waals surface area contributed by atoms with Crippen molar-refractivity contribution in [2.75, 3.05) is 12.4 Å². The van der Waals surface area contributed by atoms with E-state index in [4.69, 9.17) is 9.47 Å². The number of nitrogens with one attached hydrogen (secondary N) is 3. The first-order valence-corrected chi connectivity index (χ1v) is 7.83. The van der Waals surface area contributed by atoms with Gasteiger partial charge in [0.25, 0.3) is 0 Å². The predicted octanol–water partition coefficient (Wildman–Crippen LogP) is 3.05. The predicted molar refractivity (Wildman–Crippen MR) is 90.5 cm³/mol. The lowest BCUT2D eigenvalue weighted by Gasteiger charge is -2.27. The quantitative estimate of drug-likeness (QED) is 0.717.